The third kappa shape index (κ3) is 2.57. The van der Waals surface area contributed by atoms with Crippen LogP contribution in [0.5, 0.6) is 28.7 Å². The van der Waals surface area contributed by atoms with Crippen LogP contribution in [0.1, 0.15) is 28.7 Å². The molecule has 1 fully saturated rings. The van der Waals surface area contributed by atoms with Crippen molar-refractivity contribution in [3.63, 3.8) is 0 Å². The minimum Gasteiger partial charge on any atom is -0.493 e. The Morgan fingerprint density at radius 2 is 1.59 bits per heavy atom. The average molecular weight is 398 g/mol. The van der Waals surface area contributed by atoms with Crippen LogP contribution in [0, 0.1) is 11.8 Å². The maximum absolute atomic E-state index is 12.0. The van der Waals surface area contributed by atoms with Crippen molar-refractivity contribution in [2.75, 3.05) is 34.7 Å². The molecule has 2 aromatic carbocycles. The van der Waals surface area contributed by atoms with E-state index < -0.39 is 0 Å². The highest BCUT2D eigenvalue weighted by molar-refractivity contribution is 5.64. The molecule has 0 N–H and O–H groups in total. The molecule has 29 heavy (non-hydrogen) atoms. The second-order valence-corrected chi connectivity index (χ2v) is 7.40. The van der Waals surface area contributed by atoms with E-state index in [1.54, 1.807) is 21.3 Å². The van der Waals surface area contributed by atoms with Crippen molar-refractivity contribution in [3.8, 4) is 28.7 Å². The smallest absolute Gasteiger partial charge is 0.231 e. The number of aldehydes is 1. The van der Waals surface area contributed by atoms with Crippen molar-refractivity contribution in [1.82, 2.24) is 0 Å². The third-order valence-corrected chi connectivity index (χ3v) is 6.16. The van der Waals surface area contributed by atoms with Crippen LogP contribution < -0.4 is 23.7 Å². The first-order valence-electron chi connectivity index (χ1n) is 9.50. The zero-order valence-electron chi connectivity index (χ0n) is 16.5. The number of carbonyl (C=O) groups excluding carboxylic acids is 1. The fraction of sp³-hybridized carbons (Fsp3) is 0.409. The summed E-state index contributed by atoms with van der Waals surface area (Å²) in [4.78, 5) is 12.0. The van der Waals surface area contributed by atoms with Gasteiger partial charge >= 0.3 is 0 Å². The Balaban J connectivity index is 1.72. The molecule has 1 aliphatic carbocycles. The molecule has 2 heterocycles. The van der Waals surface area contributed by atoms with Crippen molar-refractivity contribution in [1.29, 1.82) is 0 Å². The van der Waals surface area contributed by atoms with Crippen molar-refractivity contribution >= 4 is 6.29 Å². The Labute approximate surface area is 168 Å². The summed E-state index contributed by atoms with van der Waals surface area (Å²) >= 11 is 0. The van der Waals surface area contributed by atoms with E-state index >= 15 is 0 Å². The molecule has 0 unspecified atom stereocenters. The van der Waals surface area contributed by atoms with E-state index in [0.29, 0.717) is 35.4 Å². The largest absolute Gasteiger partial charge is 0.493 e. The number of hydrogen-bond donors (Lipinski definition) is 0. The predicted molar refractivity (Wildman–Crippen MR) is 102 cm³/mol. The molecule has 1 saturated heterocycles. The van der Waals surface area contributed by atoms with Gasteiger partial charge < -0.3 is 33.2 Å². The molecular formula is C22H22O7. The van der Waals surface area contributed by atoms with Crippen molar-refractivity contribution < 1.29 is 33.2 Å². The lowest BCUT2D eigenvalue weighted by Gasteiger charge is -2.35. The van der Waals surface area contributed by atoms with Crippen LogP contribution in [0.3, 0.4) is 0 Å². The van der Waals surface area contributed by atoms with Gasteiger partial charge in [-0.2, -0.15) is 0 Å². The molecule has 0 saturated carbocycles. The first kappa shape index (κ1) is 18.1. The first-order chi connectivity index (χ1) is 14.2. The highest BCUT2D eigenvalue weighted by Gasteiger charge is 2.50. The topological polar surface area (TPSA) is 72.5 Å². The number of methoxy groups -OCH3 is 3. The summed E-state index contributed by atoms with van der Waals surface area (Å²) in [7, 11) is 4.77. The van der Waals surface area contributed by atoms with Crippen molar-refractivity contribution in [2.24, 2.45) is 11.8 Å². The predicted octanol–water partition coefficient (Wildman–Crippen LogP) is 3.09. The maximum Gasteiger partial charge on any atom is 0.231 e. The second-order valence-electron chi connectivity index (χ2n) is 7.40. The Bertz CT molecular complexity index is 945. The summed E-state index contributed by atoms with van der Waals surface area (Å²) in [6.45, 7) is 0.690. The minimum absolute atomic E-state index is 0.00757. The van der Waals surface area contributed by atoms with Gasteiger partial charge in [-0.25, -0.2) is 0 Å². The van der Waals surface area contributed by atoms with Gasteiger partial charge in [0.05, 0.1) is 40.0 Å². The molecule has 2 bridgehead atoms. The number of hydrogen-bond acceptors (Lipinski definition) is 7. The summed E-state index contributed by atoms with van der Waals surface area (Å²) in [6.07, 6.45) is 0.751. The Hall–Kier alpha value is -2.93. The monoisotopic (exact) mass is 398 g/mol. The summed E-state index contributed by atoms with van der Waals surface area (Å²) < 4.78 is 33.8. The normalized spacial score (nSPS) is 26.0. The van der Waals surface area contributed by atoms with Crippen LogP contribution in [0.15, 0.2) is 24.3 Å². The summed E-state index contributed by atoms with van der Waals surface area (Å²) in [5.41, 5.74) is 3.02. The summed E-state index contributed by atoms with van der Waals surface area (Å²) in [5.74, 6) is 2.78. The highest BCUT2D eigenvalue weighted by atomic mass is 16.7. The molecule has 0 amide bonds. The number of ether oxygens (including phenoxy) is 6. The molecule has 0 spiro atoms. The van der Waals surface area contributed by atoms with Gasteiger partial charge in [-0.15, -0.1) is 0 Å². The van der Waals surface area contributed by atoms with Crippen molar-refractivity contribution in [2.45, 2.75) is 12.0 Å². The zero-order chi connectivity index (χ0) is 20.1. The van der Waals surface area contributed by atoms with Gasteiger partial charge in [0.25, 0.3) is 0 Å². The van der Waals surface area contributed by atoms with Crippen LogP contribution in [0.2, 0.25) is 0 Å². The van der Waals surface area contributed by atoms with Gasteiger partial charge in [-0.05, 0) is 41.0 Å². The van der Waals surface area contributed by atoms with Gasteiger partial charge in [0.1, 0.15) is 6.29 Å². The molecule has 2 aromatic rings. The van der Waals surface area contributed by atoms with Gasteiger partial charge in [0, 0.05) is 11.8 Å². The molecule has 5 rings (SSSR count). The summed E-state index contributed by atoms with van der Waals surface area (Å²) in [5, 5.41) is 0. The minimum atomic E-state index is -0.264. The molecule has 7 nitrogen and oxygen atoms in total. The van der Waals surface area contributed by atoms with Gasteiger partial charge in [0.2, 0.25) is 12.5 Å². The van der Waals surface area contributed by atoms with Crippen LogP contribution in [-0.4, -0.2) is 41.0 Å². The Morgan fingerprint density at radius 3 is 2.17 bits per heavy atom. The lowest BCUT2D eigenvalue weighted by molar-refractivity contribution is -0.113. The van der Waals surface area contributed by atoms with Crippen molar-refractivity contribution in [3.05, 3.63) is 41.0 Å². The quantitative estimate of drug-likeness (QED) is 0.717. The molecular weight excluding hydrogens is 376 g/mol. The zero-order valence-corrected chi connectivity index (χ0v) is 16.5. The van der Waals surface area contributed by atoms with E-state index in [0.717, 1.165) is 23.0 Å². The van der Waals surface area contributed by atoms with E-state index in [4.69, 9.17) is 28.4 Å². The van der Waals surface area contributed by atoms with Crippen LogP contribution in [-0.2, 0) is 9.53 Å². The lowest BCUT2D eigenvalue weighted by Crippen LogP contribution is -2.29. The van der Waals surface area contributed by atoms with E-state index in [-0.39, 0.29) is 30.7 Å². The Kier molecular flexibility index (Phi) is 4.28. The van der Waals surface area contributed by atoms with Crippen LogP contribution in [0.4, 0.5) is 0 Å². The second kappa shape index (κ2) is 6.84. The van der Waals surface area contributed by atoms with E-state index in [2.05, 4.69) is 0 Å². The molecule has 0 aromatic heterocycles. The molecule has 4 atom stereocenters. The van der Waals surface area contributed by atoms with E-state index in [1.165, 1.54) is 0 Å². The molecule has 2 aliphatic heterocycles. The molecule has 3 aliphatic rings. The van der Waals surface area contributed by atoms with Gasteiger partial charge in [-0.1, -0.05) is 0 Å². The number of benzene rings is 2. The number of fused-ring (bicyclic) bond motifs is 5. The Morgan fingerprint density at radius 1 is 0.931 bits per heavy atom. The van der Waals surface area contributed by atoms with Gasteiger partial charge in [-0.3, -0.25) is 0 Å². The maximum atomic E-state index is 12.0. The third-order valence-electron chi connectivity index (χ3n) is 6.16. The average Bonchev–Trinajstić information content (AvgIpc) is 3.35. The fourth-order valence-corrected chi connectivity index (χ4v) is 4.88. The first-order valence-corrected chi connectivity index (χ1v) is 9.50. The lowest BCUT2D eigenvalue weighted by atomic mass is 9.67. The SMILES string of the molecule is COc1cc([C@@H]2c3cc4c(cc3[C@@H]3OC[C@H]2[C@H]3C=O)OCO4)cc(OC)c1OC. The van der Waals surface area contributed by atoms with Crippen LogP contribution >= 0.6 is 0 Å². The molecule has 0 radical (unpaired) electrons. The standard InChI is InChI=1S/C22H22O7/c1-24-18-4-11(5-19(25-2)22(18)26-3)20-12-6-16-17(29-10-28-16)7-13(12)21-14(8-23)15(20)9-27-21/h4-8,14-15,20-21H,9-10H2,1-3H3/t14-,15+,20-,21+/m1/s1. The van der Waals surface area contributed by atoms with E-state index in [9.17, 15) is 4.79 Å². The molecule has 7 heteroatoms. The summed E-state index contributed by atoms with van der Waals surface area (Å²) in [6, 6.07) is 7.86. The van der Waals surface area contributed by atoms with Crippen LogP contribution in [0.25, 0.3) is 0 Å². The highest BCUT2D eigenvalue weighted by Crippen LogP contribution is 2.57. The number of rotatable bonds is 5. The van der Waals surface area contributed by atoms with E-state index in [1.807, 2.05) is 24.3 Å². The molecule has 152 valence electrons. The number of carbonyl (C=O) groups is 1. The fourth-order valence-electron chi connectivity index (χ4n) is 4.88. The van der Waals surface area contributed by atoms with Gasteiger partial charge in [0.15, 0.2) is 23.0 Å².